The van der Waals surface area contributed by atoms with Gasteiger partial charge in [-0.2, -0.15) is 0 Å². The first-order valence-corrected chi connectivity index (χ1v) is 10.0. The van der Waals surface area contributed by atoms with Gasteiger partial charge in [0.05, 0.1) is 6.61 Å². The first-order valence-electron chi connectivity index (χ1n) is 9.20. The Labute approximate surface area is 173 Å². The van der Waals surface area contributed by atoms with Crippen molar-refractivity contribution in [3.8, 4) is 0 Å². The zero-order valence-corrected chi connectivity index (χ0v) is 16.9. The Morgan fingerprint density at radius 3 is 2.66 bits per heavy atom. The molecule has 8 heteroatoms. The van der Waals surface area contributed by atoms with E-state index >= 15 is 0 Å². The van der Waals surface area contributed by atoms with Crippen molar-refractivity contribution in [1.82, 2.24) is 15.5 Å². The van der Waals surface area contributed by atoms with Gasteiger partial charge in [-0.25, -0.2) is 0 Å². The third-order valence-electron chi connectivity index (χ3n) is 4.08. The largest absolute Gasteiger partial charge is 0.377 e. The summed E-state index contributed by atoms with van der Waals surface area (Å²) in [6.07, 6.45) is 1.76. The normalized spacial score (nSPS) is 10.5. The molecule has 0 spiro atoms. The lowest BCUT2D eigenvalue weighted by molar-refractivity contribution is 0.0951. The van der Waals surface area contributed by atoms with Gasteiger partial charge < -0.3 is 15.4 Å². The molecule has 7 nitrogen and oxygen atoms in total. The van der Waals surface area contributed by atoms with Gasteiger partial charge in [0.2, 0.25) is 5.01 Å². The van der Waals surface area contributed by atoms with Crippen LogP contribution in [0.5, 0.6) is 0 Å². The highest BCUT2D eigenvalue weighted by molar-refractivity contribution is 7.13. The number of anilines is 1. The zero-order chi connectivity index (χ0) is 20.5. The second-order valence-electron chi connectivity index (χ2n) is 6.31. The predicted octanol–water partition coefficient (Wildman–Crippen LogP) is 3.30. The molecule has 0 bridgehead atoms. The number of methoxy groups -OCH3 is 1. The first-order chi connectivity index (χ1) is 14.2. The summed E-state index contributed by atoms with van der Waals surface area (Å²) in [5, 5.41) is 14.3. The van der Waals surface area contributed by atoms with Crippen LogP contribution in [0.1, 0.15) is 37.2 Å². The van der Waals surface area contributed by atoms with Crippen LogP contribution >= 0.6 is 11.3 Å². The fourth-order valence-electron chi connectivity index (χ4n) is 2.69. The van der Waals surface area contributed by atoms with Gasteiger partial charge in [-0.1, -0.05) is 47.7 Å². The van der Waals surface area contributed by atoms with E-state index in [9.17, 15) is 9.59 Å². The third-order valence-corrected chi connectivity index (χ3v) is 4.98. The Balaban J connectivity index is 1.51. The summed E-state index contributed by atoms with van der Waals surface area (Å²) in [7, 11) is 1.55. The van der Waals surface area contributed by atoms with E-state index in [1.165, 1.54) is 16.9 Å². The van der Waals surface area contributed by atoms with Crippen molar-refractivity contribution in [2.24, 2.45) is 0 Å². The monoisotopic (exact) mass is 410 g/mol. The number of aryl methyl sites for hydroxylation is 1. The third kappa shape index (κ3) is 6.20. The average Bonchev–Trinajstić information content (AvgIpc) is 3.21. The topological polar surface area (TPSA) is 93.2 Å². The van der Waals surface area contributed by atoms with Crippen LogP contribution in [0.3, 0.4) is 0 Å². The van der Waals surface area contributed by atoms with Crippen LogP contribution in [0.4, 0.5) is 5.69 Å². The maximum absolute atomic E-state index is 12.4. The van der Waals surface area contributed by atoms with Crippen LogP contribution in [0, 0.1) is 0 Å². The quantitative estimate of drug-likeness (QED) is 0.528. The minimum atomic E-state index is -0.370. The highest BCUT2D eigenvalue weighted by Gasteiger charge is 2.14. The Morgan fingerprint density at radius 2 is 1.86 bits per heavy atom. The fourth-order valence-corrected chi connectivity index (χ4v) is 3.40. The van der Waals surface area contributed by atoms with Crippen LogP contribution in [-0.4, -0.2) is 35.7 Å². The number of rotatable bonds is 9. The van der Waals surface area contributed by atoms with E-state index in [1.54, 1.807) is 31.4 Å². The molecule has 0 saturated carbocycles. The summed E-state index contributed by atoms with van der Waals surface area (Å²) < 4.78 is 4.98. The molecule has 2 N–H and O–H groups in total. The Kier molecular flexibility index (Phi) is 7.43. The maximum atomic E-state index is 12.4. The van der Waals surface area contributed by atoms with Gasteiger partial charge in [0, 0.05) is 24.9 Å². The molecular weight excluding hydrogens is 388 g/mol. The molecule has 0 atom stereocenters. The highest BCUT2D eigenvalue weighted by atomic mass is 32.1. The molecule has 0 saturated heterocycles. The molecule has 2 aromatic carbocycles. The van der Waals surface area contributed by atoms with Crippen molar-refractivity contribution >= 4 is 28.8 Å². The lowest BCUT2D eigenvalue weighted by atomic mass is 10.1. The molecule has 29 heavy (non-hydrogen) atoms. The smallest absolute Gasteiger partial charge is 0.286 e. The Hall–Kier alpha value is -3.10. The number of hydrogen-bond acceptors (Lipinski definition) is 6. The summed E-state index contributed by atoms with van der Waals surface area (Å²) in [6, 6.07) is 17.0. The van der Waals surface area contributed by atoms with Crippen LogP contribution < -0.4 is 10.6 Å². The van der Waals surface area contributed by atoms with Gasteiger partial charge in [0.1, 0.15) is 5.01 Å². The van der Waals surface area contributed by atoms with Crippen molar-refractivity contribution in [1.29, 1.82) is 0 Å². The van der Waals surface area contributed by atoms with Gasteiger partial charge >= 0.3 is 0 Å². The maximum Gasteiger partial charge on any atom is 0.286 e. The molecule has 0 radical (unpaired) electrons. The second-order valence-corrected chi connectivity index (χ2v) is 7.38. The van der Waals surface area contributed by atoms with Crippen LogP contribution in [0.25, 0.3) is 0 Å². The summed E-state index contributed by atoms with van der Waals surface area (Å²) in [6.45, 7) is 0.891. The van der Waals surface area contributed by atoms with E-state index in [0.29, 0.717) is 29.4 Å². The minimum absolute atomic E-state index is 0.174. The molecule has 0 unspecified atom stereocenters. The lowest BCUT2D eigenvalue weighted by Gasteiger charge is -2.08. The van der Waals surface area contributed by atoms with Gasteiger partial charge in [-0.3, -0.25) is 9.59 Å². The van der Waals surface area contributed by atoms with Crippen LogP contribution in [0.15, 0.2) is 54.6 Å². The van der Waals surface area contributed by atoms with Gasteiger partial charge in [0.15, 0.2) is 0 Å². The summed E-state index contributed by atoms with van der Waals surface area (Å²) in [4.78, 5) is 24.7. The molecular formula is C21H22N4O3S. The first kappa shape index (κ1) is 20.6. The van der Waals surface area contributed by atoms with Crippen molar-refractivity contribution in [3.05, 3.63) is 75.7 Å². The number of carbonyl (C=O) groups is 2. The number of benzene rings is 2. The predicted molar refractivity (Wildman–Crippen MR) is 112 cm³/mol. The summed E-state index contributed by atoms with van der Waals surface area (Å²) in [5.41, 5.74) is 2.26. The van der Waals surface area contributed by atoms with E-state index < -0.39 is 0 Å². The van der Waals surface area contributed by atoms with E-state index in [4.69, 9.17) is 4.74 Å². The van der Waals surface area contributed by atoms with Crippen molar-refractivity contribution in [2.75, 3.05) is 19.0 Å². The fraction of sp³-hybridized carbons (Fsp3) is 0.238. The van der Waals surface area contributed by atoms with Crippen LogP contribution in [0.2, 0.25) is 0 Å². The molecule has 1 aromatic heterocycles. The highest BCUT2D eigenvalue weighted by Crippen LogP contribution is 2.15. The molecule has 0 fully saturated rings. The van der Waals surface area contributed by atoms with Crippen molar-refractivity contribution in [2.45, 2.75) is 19.4 Å². The van der Waals surface area contributed by atoms with Gasteiger partial charge in [0.25, 0.3) is 11.8 Å². The summed E-state index contributed by atoms with van der Waals surface area (Å²) in [5.74, 6) is -0.544. The van der Waals surface area contributed by atoms with E-state index in [0.717, 1.165) is 12.8 Å². The van der Waals surface area contributed by atoms with Gasteiger partial charge in [-0.15, -0.1) is 10.2 Å². The van der Waals surface area contributed by atoms with Crippen molar-refractivity contribution < 1.29 is 14.3 Å². The molecule has 2 amide bonds. The van der Waals surface area contributed by atoms with Gasteiger partial charge in [-0.05, 0) is 36.6 Å². The molecule has 150 valence electrons. The number of carbonyl (C=O) groups excluding carboxylic acids is 2. The standard InChI is InChI=1S/C21H22N4O3S/c1-28-14-18-24-25-21(29-18)20(27)23-17-11-5-10-16(13-17)19(26)22-12-6-9-15-7-3-2-4-8-15/h2-5,7-8,10-11,13H,6,9,12,14H2,1H3,(H,22,26)(H,23,27). The van der Waals surface area contributed by atoms with E-state index in [-0.39, 0.29) is 16.8 Å². The molecule has 1 heterocycles. The Morgan fingerprint density at radius 1 is 1.03 bits per heavy atom. The SMILES string of the molecule is COCc1nnc(C(=O)Nc2cccc(C(=O)NCCCc3ccccc3)c2)s1. The molecule has 0 aliphatic heterocycles. The summed E-state index contributed by atoms with van der Waals surface area (Å²) >= 11 is 1.17. The van der Waals surface area contributed by atoms with E-state index in [2.05, 4.69) is 33.0 Å². The molecule has 0 aliphatic rings. The minimum Gasteiger partial charge on any atom is -0.377 e. The van der Waals surface area contributed by atoms with Crippen LogP contribution in [-0.2, 0) is 17.8 Å². The zero-order valence-electron chi connectivity index (χ0n) is 16.1. The molecule has 3 aromatic rings. The molecule has 3 rings (SSSR count). The number of nitrogens with one attached hydrogen (secondary N) is 2. The number of amides is 2. The number of aromatic nitrogens is 2. The second kappa shape index (κ2) is 10.4. The van der Waals surface area contributed by atoms with Crippen molar-refractivity contribution in [3.63, 3.8) is 0 Å². The lowest BCUT2D eigenvalue weighted by Crippen LogP contribution is -2.25. The van der Waals surface area contributed by atoms with E-state index in [1.807, 2.05) is 18.2 Å². The number of hydrogen-bond donors (Lipinski definition) is 2. The molecule has 0 aliphatic carbocycles. The number of nitrogens with zero attached hydrogens (tertiary/aromatic N) is 2. The Bertz CT molecular complexity index is 959. The number of ether oxygens (including phenoxy) is 1. The average molecular weight is 410 g/mol.